The average Bonchev–Trinajstić information content (AvgIpc) is 2.35. The fraction of sp³-hybridized carbons (Fsp3) is 0.273. The van der Waals surface area contributed by atoms with Gasteiger partial charge in [-0.05, 0) is 30.5 Å². The number of benzene rings is 1. The number of aliphatic hydroxyl groups excluding tert-OH is 1. The molecule has 0 unspecified atom stereocenters. The number of rotatable bonds is 5. The number of carboxylic acid groups (broad SMARTS) is 1. The summed E-state index contributed by atoms with van der Waals surface area (Å²) >= 11 is 1.56. The first-order valence-corrected chi connectivity index (χ1v) is 6.10. The molecule has 1 rings (SSSR count). The molecular weight excluding hydrogens is 242 g/mol. The maximum Gasteiger partial charge on any atom is 0.334 e. The van der Waals surface area contributed by atoms with E-state index < -0.39 is 18.0 Å². The summed E-state index contributed by atoms with van der Waals surface area (Å²) in [6, 6.07) is 6.89. The lowest BCUT2D eigenvalue weighted by Gasteiger charge is -2.07. The van der Waals surface area contributed by atoms with Gasteiger partial charge in [0, 0.05) is 10.5 Å². The molecule has 0 fully saturated rings. The molecule has 0 aliphatic heterocycles. The van der Waals surface area contributed by atoms with Crippen LogP contribution in [-0.2, 0) is 4.79 Å². The smallest absolute Gasteiger partial charge is 0.334 e. The Morgan fingerprint density at radius 1 is 1.35 bits per heavy atom. The number of nitrogens with one attached hydrogen (secondary N) is 1. The van der Waals surface area contributed by atoms with Crippen LogP contribution in [0.4, 0.5) is 0 Å². The number of carbonyl (C=O) groups excluding carboxylic acids is 1. The normalized spacial score (nSPS) is 11.9. The van der Waals surface area contributed by atoms with Crippen molar-refractivity contribution in [1.82, 2.24) is 5.32 Å². The Bertz CT molecular complexity index is 404. The Kier molecular flexibility index (Phi) is 4.99. The van der Waals surface area contributed by atoms with Gasteiger partial charge < -0.3 is 15.5 Å². The van der Waals surface area contributed by atoms with Crippen molar-refractivity contribution in [2.75, 3.05) is 12.8 Å². The third-order valence-corrected chi connectivity index (χ3v) is 2.84. The molecule has 92 valence electrons. The number of carboxylic acids is 1. The molecule has 0 saturated heterocycles. The Morgan fingerprint density at radius 2 is 1.94 bits per heavy atom. The van der Waals surface area contributed by atoms with Crippen molar-refractivity contribution in [2.45, 2.75) is 11.0 Å². The summed E-state index contributed by atoms with van der Waals surface area (Å²) in [5, 5.41) is 19.8. The fourth-order valence-electron chi connectivity index (χ4n) is 1.12. The van der Waals surface area contributed by atoms with Crippen LogP contribution in [0.5, 0.6) is 0 Å². The van der Waals surface area contributed by atoms with Crippen molar-refractivity contribution in [3.8, 4) is 0 Å². The van der Waals surface area contributed by atoms with Crippen LogP contribution in [0.2, 0.25) is 0 Å². The Balaban J connectivity index is 2.55. The van der Waals surface area contributed by atoms with Gasteiger partial charge in [-0.25, -0.2) is 4.79 Å². The summed E-state index contributed by atoms with van der Waals surface area (Å²) in [5.41, 5.74) is 0.431. The molecule has 1 aromatic carbocycles. The van der Waals surface area contributed by atoms with Gasteiger partial charge in [0.25, 0.3) is 5.91 Å². The molecule has 0 spiro atoms. The van der Waals surface area contributed by atoms with Crippen LogP contribution >= 0.6 is 11.8 Å². The van der Waals surface area contributed by atoms with Crippen LogP contribution in [0.1, 0.15) is 10.4 Å². The van der Waals surface area contributed by atoms with Gasteiger partial charge in [0.2, 0.25) is 0 Å². The standard InChI is InChI=1S/C11H13NO4S/c1-17-8-4-2-7(3-5-8)10(14)12-6-9(13)11(15)16/h2-5,9,13H,6H2,1H3,(H,12,14)(H,15,16)/t9-/m0/s1. The minimum Gasteiger partial charge on any atom is -0.479 e. The number of thioether (sulfide) groups is 1. The molecule has 0 aliphatic carbocycles. The Labute approximate surface area is 103 Å². The third kappa shape index (κ3) is 4.08. The number of aliphatic carboxylic acids is 1. The van der Waals surface area contributed by atoms with E-state index >= 15 is 0 Å². The van der Waals surface area contributed by atoms with Crippen molar-refractivity contribution < 1.29 is 19.8 Å². The quantitative estimate of drug-likeness (QED) is 0.670. The predicted octanol–water partition coefficient (Wildman–Crippen LogP) is 0.584. The number of carbonyl (C=O) groups is 2. The lowest BCUT2D eigenvalue weighted by Crippen LogP contribution is -2.36. The van der Waals surface area contributed by atoms with Crippen LogP contribution < -0.4 is 5.32 Å². The summed E-state index contributed by atoms with van der Waals surface area (Å²) < 4.78 is 0. The first-order chi connectivity index (χ1) is 8.04. The molecule has 17 heavy (non-hydrogen) atoms. The van der Waals surface area contributed by atoms with Gasteiger partial charge in [0.05, 0.1) is 6.54 Å². The first-order valence-electron chi connectivity index (χ1n) is 4.87. The van der Waals surface area contributed by atoms with Crippen LogP contribution in [-0.4, -0.2) is 41.0 Å². The highest BCUT2D eigenvalue weighted by Crippen LogP contribution is 2.14. The molecule has 0 radical (unpaired) electrons. The molecule has 0 aliphatic rings. The summed E-state index contributed by atoms with van der Waals surface area (Å²) in [6.45, 7) is -0.307. The summed E-state index contributed by atoms with van der Waals surface area (Å²) in [5.74, 6) is -1.76. The van der Waals surface area contributed by atoms with Gasteiger partial charge in [-0.2, -0.15) is 0 Å². The predicted molar refractivity (Wildman–Crippen MR) is 64.2 cm³/mol. The monoisotopic (exact) mass is 255 g/mol. The molecule has 5 nitrogen and oxygen atoms in total. The van der Waals surface area contributed by atoms with Crippen LogP contribution in [0.3, 0.4) is 0 Å². The number of amides is 1. The number of aliphatic hydroxyl groups is 1. The van der Waals surface area contributed by atoms with E-state index in [2.05, 4.69) is 5.32 Å². The van der Waals surface area contributed by atoms with Crippen molar-refractivity contribution in [3.63, 3.8) is 0 Å². The molecular formula is C11H13NO4S. The van der Waals surface area contributed by atoms with E-state index in [0.717, 1.165) is 4.90 Å². The second-order valence-corrected chi connectivity index (χ2v) is 4.17. The second-order valence-electron chi connectivity index (χ2n) is 3.29. The van der Waals surface area contributed by atoms with Gasteiger partial charge in [0.15, 0.2) is 6.10 Å². The van der Waals surface area contributed by atoms with Crippen LogP contribution in [0.25, 0.3) is 0 Å². The molecule has 3 N–H and O–H groups in total. The van der Waals surface area contributed by atoms with Crippen molar-refractivity contribution in [3.05, 3.63) is 29.8 Å². The number of hydrogen-bond acceptors (Lipinski definition) is 4. The molecule has 1 amide bonds. The van der Waals surface area contributed by atoms with Crippen LogP contribution in [0.15, 0.2) is 29.2 Å². The first kappa shape index (κ1) is 13.5. The third-order valence-electron chi connectivity index (χ3n) is 2.09. The summed E-state index contributed by atoms with van der Waals surface area (Å²) in [4.78, 5) is 22.9. The van der Waals surface area contributed by atoms with Crippen molar-refractivity contribution in [2.24, 2.45) is 0 Å². The highest BCUT2D eigenvalue weighted by Gasteiger charge is 2.14. The molecule has 1 atom stereocenters. The molecule has 0 heterocycles. The maximum atomic E-state index is 11.5. The van der Waals surface area contributed by atoms with Gasteiger partial charge in [-0.15, -0.1) is 11.8 Å². The van der Waals surface area contributed by atoms with E-state index in [4.69, 9.17) is 10.2 Å². The SMILES string of the molecule is CSc1ccc(C(=O)NC[C@H](O)C(=O)O)cc1. The minimum atomic E-state index is -1.58. The van der Waals surface area contributed by atoms with Gasteiger partial charge in [-0.1, -0.05) is 0 Å². The Hall–Kier alpha value is -1.53. The van der Waals surface area contributed by atoms with Crippen molar-refractivity contribution in [1.29, 1.82) is 0 Å². The zero-order valence-corrected chi connectivity index (χ0v) is 10.0. The van der Waals surface area contributed by atoms with E-state index in [-0.39, 0.29) is 6.54 Å². The van der Waals surface area contributed by atoms with Gasteiger partial charge >= 0.3 is 5.97 Å². The topological polar surface area (TPSA) is 86.6 Å². The lowest BCUT2D eigenvalue weighted by molar-refractivity contribution is -0.146. The highest BCUT2D eigenvalue weighted by molar-refractivity contribution is 7.98. The average molecular weight is 255 g/mol. The fourth-order valence-corrected chi connectivity index (χ4v) is 1.53. The molecule has 0 aromatic heterocycles. The second kappa shape index (κ2) is 6.27. The van der Waals surface area contributed by atoms with E-state index in [0.29, 0.717) is 5.56 Å². The molecule has 0 bridgehead atoms. The van der Waals surface area contributed by atoms with Crippen molar-refractivity contribution >= 4 is 23.6 Å². The lowest BCUT2D eigenvalue weighted by atomic mass is 10.2. The van der Waals surface area contributed by atoms with Gasteiger partial charge in [0.1, 0.15) is 0 Å². The summed E-state index contributed by atoms with van der Waals surface area (Å²) in [6.07, 6.45) is 0.350. The molecule has 1 aromatic rings. The Morgan fingerprint density at radius 3 is 2.41 bits per heavy atom. The minimum absolute atomic E-state index is 0.307. The van der Waals surface area contributed by atoms with E-state index in [1.54, 1.807) is 36.0 Å². The zero-order valence-electron chi connectivity index (χ0n) is 9.21. The van der Waals surface area contributed by atoms with E-state index in [1.165, 1.54) is 0 Å². The zero-order chi connectivity index (χ0) is 12.8. The largest absolute Gasteiger partial charge is 0.479 e. The number of hydrogen-bond donors (Lipinski definition) is 3. The summed E-state index contributed by atoms with van der Waals surface area (Å²) in [7, 11) is 0. The van der Waals surface area contributed by atoms with Crippen LogP contribution in [0, 0.1) is 0 Å². The van der Waals surface area contributed by atoms with E-state index in [1.807, 2.05) is 6.26 Å². The van der Waals surface area contributed by atoms with E-state index in [9.17, 15) is 9.59 Å². The molecule has 6 heteroatoms. The highest BCUT2D eigenvalue weighted by atomic mass is 32.2. The molecule has 0 saturated carbocycles. The maximum absolute atomic E-state index is 11.5. The van der Waals surface area contributed by atoms with Gasteiger partial charge in [-0.3, -0.25) is 4.79 Å².